The fourth-order valence-electron chi connectivity index (χ4n) is 1.76. The van der Waals surface area contributed by atoms with Crippen LogP contribution in [0, 0.1) is 0 Å². The second-order valence-corrected chi connectivity index (χ2v) is 3.92. The predicted molar refractivity (Wildman–Crippen MR) is 57.7 cm³/mol. The molecule has 1 aromatic heterocycles. The van der Waals surface area contributed by atoms with Crippen LogP contribution >= 0.6 is 0 Å². The van der Waals surface area contributed by atoms with Gasteiger partial charge in [0.05, 0.1) is 19.3 Å². The van der Waals surface area contributed by atoms with Gasteiger partial charge in [-0.05, 0) is 0 Å². The summed E-state index contributed by atoms with van der Waals surface area (Å²) in [6.45, 7) is 5.69. The van der Waals surface area contributed by atoms with Gasteiger partial charge >= 0.3 is 0 Å². The van der Waals surface area contributed by atoms with Crippen LogP contribution in [0.3, 0.4) is 0 Å². The van der Waals surface area contributed by atoms with Crippen LogP contribution in [0.5, 0.6) is 0 Å². The molecule has 1 fully saturated rings. The highest BCUT2D eigenvalue weighted by molar-refractivity contribution is 4.86. The molecule has 1 aliphatic heterocycles. The summed E-state index contributed by atoms with van der Waals surface area (Å²) in [5, 5.41) is 3.87. The first-order valence-electron chi connectivity index (χ1n) is 5.67. The van der Waals surface area contributed by atoms with E-state index in [0.717, 1.165) is 31.9 Å². The quantitative estimate of drug-likeness (QED) is 0.765. The van der Waals surface area contributed by atoms with Crippen molar-refractivity contribution in [2.24, 2.45) is 5.73 Å². The summed E-state index contributed by atoms with van der Waals surface area (Å²) in [6.07, 6.45) is 0.931. The number of aromatic nitrogens is 2. The van der Waals surface area contributed by atoms with Crippen molar-refractivity contribution in [2.75, 3.05) is 26.2 Å². The summed E-state index contributed by atoms with van der Waals surface area (Å²) >= 11 is 0. The van der Waals surface area contributed by atoms with Gasteiger partial charge in [-0.25, -0.2) is 0 Å². The Morgan fingerprint density at radius 2 is 2.44 bits per heavy atom. The maximum atomic E-state index is 5.58. The Hall–Kier alpha value is -0.980. The molecule has 0 bridgehead atoms. The van der Waals surface area contributed by atoms with Gasteiger partial charge in [-0.1, -0.05) is 12.1 Å². The van der Waals surface area contributed by atoms with E-state index in [1.54, 1.807) is 0 Å². The minimum absolute atomic E-state index is 0.127. The van der Waals surface area contributed by atoms with Crippen molar-refractivity contribution in [3.05, 3.63) is 11.7 Å². The normalized spacial score (nSPS) is 22.5. The van der Waals surface area contributed by atoms with Gasteiger partial charge in [0.25, 0.3) is 0 Å². The zero-order valence-corrected chi connectivity index (χ0v) is 9.56. The Morgan fingerprint density at radius 3 is 3.12 bits per heavy atom. The minimum atomic E-state index is 0.127. The van der Waals surface area contributed by atoms with Gasteiger partial charge in [-0.3, -0.25) is 4.90 Å². The summed E-state index contributed by atoms with van der Waals surface area (Å²) in [4.78, 5) is 6.51. The second kappa shape index (κ2) is 5.38. The van der Waals surface area contributed by atoms with Gasteiger partial charge in [0, 0.05) is 26.1 Å². The Kier molecular flexibility index (Phi) is 3.87. The first-order valence-corrected chi connectivity index (χ1v) is 5.67. The molecule has 0 saturated carbocycles. The van der Waals surface area contributed by atoms with E-state index < -0.39 is 0 Å². The zero-order valence-electron chi connectivity index (χ0n) is 9.56. The van der Waals surface area contributed by atoms with Crippen molar-refractivity contribution in [1.29, 1.82) is 0 Å². The lowest BCUT2D eigenvalue weighted by Gasteiger charge is -2.31. The summed E-state index contributed by atoms with van der Waals surface area (Å²) in [5.41, 5.74) is 5.58. The molecule has 0 aromatic carbocycles. The topological polar surface area (TPSA) is 77.4 Å². The van der Waals surface area contributed by atoms with Crippen molar-refractivity contribution >= 4 is 0 Å². The molecular weight excluding hydrogens is 208 g/mol. The van der Waals surface area contributed by atoms with Crippen LogP contribution in [0.2, 0.25) is 0 Å². The van der Waals surface area contributed by atoms with Crippen molar-refractivity contribution in [1.82, 2.24) is 15.0 Å². The summed E-state index contributed by atoms with van der Waals surface area (Å²) in [6, 6.07) is 0. The molecule has 1 aliphatic rings. The number of rotatable bonds is 4. The molecule has 1 unspecified atom stereocenters. The number of nitrogens with two attached hydrogens (primary N) is 1. The predicted octanol–water partition coefficient (Wildman–Crippen LogP) is -0.208. The fourth-order valence-corrected chi connectivity index (χ4v) is 1.76. The molecule has 90 valence electrons. The molecule has 6 nitrogen and oxygen atoms in total. The van der Waals surface area contributed by atoms with Gasteiger partial charge in [-0.15, -0.1) is 0 Å². The third-order valence-corrected chi connectivity index (χ3v) is 2.67. The Balaban J connectivity index is 1.88. The van der Waals surface area contributed by atoms with E-state index in [0.29, 0.717) is 19.0 Å². The maximum absolute atomic E-state index is 5.58. The van der Waals surface area contributed by atoms with Crippen molar-refractivity contribution in [3.63, 3.8) is 0 Å². The highest BCUT2D eigenvalue weighted by Crippen LogP contribution is 2.08. The highest BCUT2D eigenvalue weighted by atomic mass is 16.5. The Morgan fingerprint density at radius 1 is 1.56 bits per heavy atom. The van der Waals surface area contributed by atoms with Gasteiger partial charge in [0.2, 0.25) is 5.89 Å². The smallest absolute Gasteiger partial charge is 0.240 e. The lowest BCUT2D eigenvalue weighted by Crippen LogP contribution is -2.45. The number of hydrogen-bond donors (Lipinski definition) is 1. The van der Waals surface area contributed by atoms with Crippen LogP contribution in [-0.2, 0) is 17.7 Å². The zero-order chi connectivity index (χ0) is 11.4. The average Bonchev–Trinajstić information content (AvgIpc) is 2.77. The third kappa shape index (κ3) is 2.78. The third-order valence-electron chi connectivity index (χ3n) is 2.67. The molecule has 0 aliphatic carbocycles. The van der Waals surface area contributed by atoms with E-state index in [-0.39, 0.29) is 6.10 Å². The molecular formula is C10H18N4O2. The molecule has 0 radical (unpaired) electrons. The van der Waals surface area contributed by atoms with Crippen LogP contribution in [0.15, 0.2) is 4.52 Å². The molecule has 2 heterocycles. The van der Waals surface area contributed by atoms with Crippen molar-refractivity contribution < 1.29 is 9.26 Å². The van der Waals surface area contributed by atoms with Gasteiger partial charge in [-0.2, -0.15) is 4.98 Å². The summed E-state index contributed by atoms with van der Waals surface area (Å²) < 4.78 is 10.6. The molecule has 0 amide bonds. The van der Waals surface area contributed by atoms with Crippen molar-refractivity contribution in [2.45, 2.75) is 26.0 Å². The first kappa shape index (κ1) is 11.5. The van der Waals surface area contributed by atoms with Crippen LogP contribution in [0.1, 0.15) is 18.6 Å². The van der Waals surface area contributed by atoms with E-state index >= 15 is 0 Å². The molecule has 16 heavy (non-hydrogen) atoms. The molecule has 1 atom stereocenters. The Labute approximate surface area is 94.7 Å². The number of hydrogen-bond acceptors (Lipinski definition) is 6. The minimum Gasteiger partial charge on any atom is -0.374 e. The monoisotopic (exact) mass is 226 g/mol. The first-order chi connectivity index (χ1) is 7.81. The number of ether oxygens (including phenoxy) is 1. The second-order valence-electron chi connectivity index (χ2n) is 3.92. The van der Waals surface area contributed by atoms with Crippen LogP contribution in [0.25, 0.3) is 0 Å². The number of nitrogens with zero attached hydrogens (tertiary/aromatic N) is 3. The lowest BCUT2D eigenvalue weighted by atomic mass is 10.2. The SMILES string of the molecule is CCc1noc(CN2CCOC(CN)C2)n1. The largest absolute Gasteiger partial charge is 0.374 e. The highest BCUT2D eigenvalue weighted by Gasteiger charge is 2.20. The lowest BCUT2D eigenvalue weighted by molar-refractivity contribution is -0.0288. The van der Waals surface area contributed by atoms with E-state index in [9.17, 15) is 0 Å². The average molecular weight is 226 g/mol. The molecule has 2 N–H and O–H groups in total. The van der Waals surface area contributed by atoms with Gasteiger partial charge < -0.3 is 15.0 Å². The maximum Gasteiger partial charge on any atom is 0.240 e. The standard InChI is InChI=1S/C10H18N4O2/c1-2-9-12-10(16-13-9)7-14-3-4-15-8(5-11)6-14/h8H,2-7,11H2,1H3. The molecule has 2 rings (SSSR count). The summed E-state index contributed by atoms with van der Waals surface area (Å²) in [7, 11) is 0. The molecule has 1 saturated heterocycles. The van der Waals surface area contributed by atoms with Crippen LogP contribution in [0.4, 0.5) is 0 Å². The number of aryl methyl sites for hydroxylation is 1. The fraction of sp³-hybridized carbons (Fsp3) is 0.800. The van der Waals surface area contributed by atoms with Gasteiger partial charge in [0.1, 0.15) is 0 Å². The van der Waals surface area contributed by atoms with Crippen LogP contribution in [-0.4, -0.2) is 47.4 Å². The summed E-state index contributed by atoms with van der Waals surface area (Å²) in [5.74, 6) is 1.44. The molecule has 0 spiro atoms. The Bertz CT molecular complexity index is 328. The van der Waals surface area contributed by atoms with E-state index in [1.807, 2.05) is 6.92 Å². The number of morpholine rings is 1. The van der Waals surface area contributed by atoms with Crippen LogP contribution < -0.4 is 5.73 Å². The van der Waals surface area contributed by atoms with E-state index in [1.165, 1.54) is 0 Å². The van der Waals surface area contributed by atoms with Crippen molar-refractivity contribution in [3.8, 4) is 0 Å². The molecule has 1 aromatic rings. The molecule has 6 heteroatoms. The van der Waals surface area contributed by atoms with E-state index in [4.69, 9.17) is 15.0 Å². The van der Waals surface area contributed by atoms with E-state index in [2.05, 4.69) is 15.0 Å². The van der Waals surface area contributed by atoms with Gasteiger partial charge in [0.15, 0.2) is 5.82 Å².